The molecule has 0 spiro atoms. The van der Waals surface area contributed by atoms with E-state index in [9.17, 15) is 4.39 Å². The van der Waals surface area contributed by atoms with E-state index in [1.165, 1.54) is 19.3 Å². The Morgan fingerprint density at radius 3 is 2.71 bits per heavy atom. The molecule has 1 fully saturated rings. The number of aromatic nitrogens is 1. The highest BCUT2D eigenvalue weighted by Crippen LogP contribution is 2.32. The maximum Gasteiger partial charge on any atom is 0.362 e. The third-order valence-electron chi connectivity index (χ3n) is 3.18. The molecule has 1 aliphatic carbocycles. The molecule has 76 valence electrons. The second-order valence-electron chi connectivity index (χ2n) is 4.20. The Labute approximate surface area is 84.6 Å². The Balaban J connectivity index is 2.26. The van der Waals surface area contributed by atoms with Crippen LogP contribution in [0, 0.1) is 5.95 Å². The number of halogens is 1. The molecule has 1 saturated carbocycles. The van der Waals surface area contributed by atoms with E-state index in [4.69, 9.17) is 0 Å². The Morgan fingerprint density at radius 1 is 1.29 bits per heavy atom. The van der Waals surface area contributed by atoms with Crippen LogP contribution in [-0.2, 0) is 7.05 Å². The highest BCUT2D eigenvalue weighted by molar-refractivity contribution is 5.14. The summed E-state index contributed by atoms with van der Waals surface area (Å²) in [5.41, 5.74) is 0.912. The molecule has 14 heavy (non-hydrogen) atoms. The Kier molecular flexibility index (Phi) is 2.80. The van der Waals surface area contributed by atoms with Gasteiger partial charge in [0.05, 0.1) is 5.56 Å². The summed E-state index contributed by atoms with van der Waals surface area (Å²) in [5.74, 6) is 0.399. The van der Waals surface area contributed by atoms with Crippen LogP contribution in [-0.4, -0.2) is 0 Å². The average Bonchev–Trinajstić information content (AvgIpc) is 2.23. The quantitative estimate of drug-likeness (QED) is 0.478. The van der Waals surface area contributed by atoms with E-state index in [0.717, 1.165) is 18.4 Å². The topological polar surface area (TPSA) is 3.88 Å². The van der Waals surface area contributed by atoms with Crippen LogP contribution in [0.3, 0.4) is 0 Å². The van der Waals surface area contributed by atoms with Gasteiger partial charge in [0, 0.05) is 6.07 Å². The van der Waals surface area contributed by atoms with Crippen LogP contribution in [0.25, 0.3) is 0 Å². The first kappa shape index (κ1) is 9.63. The van der Waals surface area contributed by atoms with Crippen LogP contribution < -0.4 is 4.57 Å². The van der Waals surface area contributed by atoms with Crippen molar-refractivity contribution in [2.24, 2.45) is 7.05 Å². The van der Waals surface area contributed by atoms with Crippen LogP contribution >= 0.6 is 0 Å². The first-order valence-electron chi connectivity index (χ1n) is 5.43. The van der Waals surface area contributed by atoms with E-state index < -0.39 is 0 Å². The van der Waals surface area contributed by atoms with Crippen molar-refractivity contribution in [2.75, 3.05) is 0 Å². The molecular weight excluding hydrogens is 177 g/mol. The van der Waals surface area contributed by atoms with E-state index in [2.05, 4.69) is 0 Å². The summed E-state index contributed by atoms with van der Waals surface area (Å²) in [6.07, 6.45) is 7.89. The third kappa shape index (κ3) is 1.79. The molecule has 0 unspecified atom stereocenters. The number of nitrogens with zero attached hydrogens (tertiary/aromatic N) is 1. The molecule has 1 aromatic heterocycles. The summed E-state index contributed by atoms with van der Waals surface area (Å²) >= 11 is 0. The number of hydrogen-bond donors (Lipinski definition) is 0. The van der Waals surface area contributed by atoms with Crippen LogP contribution in [0.5, 0.6) is 0 Å². The predicted octanol–water partition coefficient (Wildman–Crippen LogP) is 2.70. The maximum absolute atomic E-state index is 13.7. The van der Waals surface area contributed by atoms with Gasteiger partial charge in [0.15, 0.2) is 6.20 Å². The Hall–Kier alpha value is -0.920. The lowest BCUT2D eigenvalue weighted by atomic mass is 9.84. The molecule has 0 bridgehead atoms. The van der Waals surface area contributed by atoms with Gasteiger partial charge in [0.25, 0.3) is 0 Å². The number of aryl methyl sites for hydroxylation is 1. The van der Waals surface area contributed by atoms with Crippen LogP contribution in [0.4, 0.5) is 4.39 Å². The summed E-state index contributed by atoms with van der Waals surface area (Å²) in [6.45, 7) is 0. The molecule has 1 nitrogen and oxygen atoms in total. The van der Waals surface area contributed by atoms with E-state index in [1.807, 2.05) is 12.1 Å². The van der Waals surface area contributed by atoms with Crippen molar-refractivity contribution in [2.45, 2.75) is 38.0 Å². The summed E-state index contributed by atoms with van der Waals surface area (Å²) in [4.78, 5) is 0. The molecule has 1 aromatic rings. The fraction of sp³-hybridized carbons (Fsp3) is 0.583. The zero-order valence-corrected chi connectivity index (χ0v) is 8.67. The molecular formula is C12H17FN+. The van der Waals surface area contributed by atoms with Gasteiger partial charge in [0.1, 0.15) is 7.05 Å². The molecule has 0 aliphatic heterocycles. The Morgan fingerprint density at radius 2 is 2.00 bits per heavy atom. The van der Waals surface area contributed by atoms with Gasteiger partial charge < -0.3 is 0 Å². The van der Waals surface area contributed by atoms with Crippen molar-refractivity contribution in [1.82, 2.24) is 0 Å². The predicted molar refractivity (Wildman–Crippen MR) is 53.4 cm³/mol. The monoisotopic (exact) mass is 194 g/mol. The van der Waals surface area contributed by atoms with Crippen molar-refractivity contribution in [3.63, 3.8) is 0 Å². The van der Waals surface area contributed by atoms with E-state index in [-0.39, 0.29) is 5.95 Å². The normalized spacial score (nSPS) is 18.4. The highest BCUT2D eigenvalue weighted by atomic mass is 19.1. The maximum atomic E-state index is 13.7. The standard InChI is InChI=1S/C12H17FN/c1-14-9-5-8-11(12(14)13)10-6-3-2-4-7-10/h5,8-10H,2-4,6-7H2,1H3/q+1. The van der Waals surface area contributed by atoms with Gasteiger partial charge in [-0.1, -0.05) is 19.3 Å². The zero-order valence-electron chi connectivity index (χ0n) is 8.67. The van der Waals surface area contributed by atoms with Gasteiger partial charge >= 0.3 is 5.95 Å². The number of rotatable bonds is 1. The van der Waals surface area contributed by atoms with Gasteiger partial charge in [-0.15, -0.1) is 4.39 Å². The van der Waals surface area contributed by atoms with Crippen molar-refractivity contribution in [3.8, 4) is 0 Å². The van der Waals surface area contributed by atoms with Crippen molar-refractivity contribution >= 4 is 0 Å². The minimum Gasteiger partial charge on any atom is -0.176 e. The lowest BCUT2D eigenvalue weighted by Crippen LogP contribution is -2.34. The largest absolute Gasteiger partial charge is 0.362 e. The highest BCUT2D eigenvalue weighted by Gasteiger charge is 2.23. The second kappa shape index (κ2) is 4.07. The van der Waals surface area contributed by atoms with E-state index in [0.29, 0.717) is 5.92 Å². The summed E-state index contributed by atoms with van der Waals surface area (Å²) in [6, 6.07) is 3.87. The van der Waals surface area contributed by atoms with Crippen LogP contribution in [0.2, 0.25) is 0 Å². The lowest BCUT2D eigenvalue weighted by molar-refractivity contribution is -0.700. The molecule has 1 aliphatic rings. The third-order valence-corrected chi connectivity index (χ3v) is 3.18. The van der Waals surface area contributed by atoms with Gasteiger partial charge in [-0.05, 0) is 24.8 Å². The minimum absolute atomic E-state index is 0.0561. The van der Waals surface area contributed by atoms with Crippen molar-refractivity contribution in [1.29, 1.82) is 0 Å². The molecule has 0 aromatic carbocycles. The van der Waals surface area contributed by atoms with Gasteiger partial charge in [-0.25, -0.2) is 0 Å². The number of hydrogen-bond acceptors (Lipinski definition) is 0. The number of pyridine rings is 1. The smallest absolute Gasteiger partial charge is 0.176 e. The summed E-state index contributed by atoms with van der Waals surface area (Å²) < 4.78 is 15.3. The molecule has 2 rings (SSSR count). The molecule has 0 saturated heterocycles. The second-order valence-corrected chi connectivity index (χ2v) is 4.20. The molecule has 2 heteroatoms. The van der Waals surface area contributed by atoms with E-state index in [1.54, 1.807) is 17.8 Å². The average molecular weight is 194 g/mol. The fourth-order valence-electron chi connectivity index (χ4n) is 2.33. The first-order chi connectivity index (χ1) is 6.79. The fourth-order valence-corrected chi connectivity index (χ4v) is 2.33. The first-order valence-corrected chi connectivity index (χ1v) is 5.43. The van der Waals surface area contributed by atoms with Gasteiger partial charge in [-0.2, -0.15) is 4.57 Å². The van der Waals surface area contributed by atoms with E-state index >= 15 is 0 Å². The van der Waals surface area contributed by atoms with Crippen molar-refractivity contribution < 1.29 is 8.96 Å². The van der Waals surface area contributed by atoms with Crippen LogP contribution in [0.1, 0.15) is 43.6 Å². The SMILES string of the molecule is C[n+]1cccc(C2CCCCC2)c1F. The molecule has 0 N–H and O–H groups in total. The molecule has 0 amide bonds. The van der Waals surface area contributed by atoms with Crippen molar-refractivity contribution in [3.05, 3.63) is 29.8 Å². The Bertz CT molecular complexity index is 316. The molecule has 0 radical (unpaired) electrons. The summed E-state index contributed by atoms with van der Waals surface area (Å²) in [7, 11) is 1.77. The molecule has 1 heterocycles. The minimum atomic E-state index is -0.0561. The molecule has 0 atom stereocenters. The lowest BCUT2D eigenvalue weighted by Gasteiger charge is -2.20. The van der Waals surface area contributed by atoms with Crippen LogP contribution in [0.15, 0.2) is 18.3 Å². The summed E-state index contributed by atoms with van der Waals surface area (Å²) in [5, 5.41) is 0. The van der Waals surface area contributed by atoms with Gasteiger partial charge in [-0.3, -0.25) is 0 Å². The zero-order chi connectivity index (χ0) is 9.97. The van der Waals surface area contributed by atoms with Gasteiger partial charge in [0.2, 0.25) is 0 Å².